The van der Waals surface area contributed by atoms with Crippen LogP contribution in [0, 0.1) is 0 Å². The van der Waals surface area contributed by atoms with E-state index in [1.54, 1.807) is 6.07 Å². The molecular formula is C18H16N2O5S. The predicted molar refractivity (Wildman–Crippen MR) is 92.4 cm³/mol. The third kappa shape index (κ3) is 2.58. The highest BCUT2D eigenvalue weighted by Gasteiger charge is 2.52. The summed E-state index contributed by atoms with van der Waals surface area (Å²) in [7, 11) is 1.28. The third-order valence-electron chi connectivity index (χ3n) is 4.57. The first kappa shape index (κ1) is 16.7. The van der Waals surface area contributed by atoms with Crippen LogP contribution < -0.4 is 0 Å². The molecule has 2 bridgehead atoms. The first-order valence-corrected chi connectivity index (χ1v) is 8.89. The number of urea groups is 1. The number of hydrogen-bond donors (Lipinski definition) is 0. The molecule has 1 aromatic carbocycles. The number of amides is 2. The fraction of sp³-hybridized carbons (Fsp3) is 0.278. The summed E-state index contributed by atoms with van der Waals surface area (Å²) < 4.78 is 4.88. The largest absolute Gasteiger partial charge is 0.467 e. The lowest BCUT2D eigenvalue weighted by Gasteiger charge is -2.28. The van der Waals surface area contributed by atoms with E-state index in [2.05, 4.69) is 0 Å². The molecule has 0 N–H and O–H groups in total. The van der Waals surface area contributed by atoms with Crippen LogP contribution in [-0.4, -0.2) is 41.9 Å². The average Bonchev–Trinajstić information content (AvgIpc) is 3.22. The van der Waals surface area contributed by atoms with Crippen molar-refractivity contribution < 1.29 is 24.0 Å². The molecule has 8 heteroatoms. The number of esters is 1. The van der Waals surface area contributed by atoms with E-state index in [1.807, 2.05) is 30.3 Å². The van der Waals surface area contributed by atoms with Gasteiger partial charge < -0.3 is 9.64 Å². The molecule has 1 aromatic heterocycles. The Bertz CT molecular complexity index is 866. The Balaban J connectivity index is 1.67. The lowest BCUT2D eigenvalue weighted by atomic mass is 9.99. The highest BCUT2D eigenvalue weighted by atomic mass is 32.1. The number of carbonyl (C=O) groups is 3. The minimum absolute atomic E-state index is 0.236. The maximum absolute atomic E-state index is 12.8. The van der Waals surface area contributed by atoms with Crippen LogP contribution in [0.5, 0.6) is 0 Å². The number of methoxy groups -OCH3 is 1. The monoisotopic (exact) mass is 372 g/mol. The molecule has 2 aromatic rings. The second-order valence-corrected chi connectivity index (χ2v) is 7.16. The minimum Gasteiger partial charge on any atom is -0.467 e. The van der Waals surface area contributed by atoms with Gasteiger partial charge in [0.2, 0.25) is 0 Å². The van der Waals surface area contributed by atoms with Crippen LogP contribution in [0.15, 0.2) is 36.4 Å². The fourth-order valence-corrected chi connectivity index (χ4v) is 4.50. The van der Waals surface area contributed by atoms with Gasteiger partial charge in [-0.15, -0.1) is 11.3 Å². The molecule has 7 nitrogen and oxygen atoms in total. The zero-order valence-corrected chi connectivity index (χ0v) is 14.8. The molecule has 0 spiro atoms. The molecule has 4 rings (SSSR count). The molecule has 1 saturated heterocycles. The van der Waals surface area contributed by atoms with E-state index in [0.717, 1.165) is 17.4 Å². The molecule has 2 aliphatic heterocycles. The van der Waals surface area contributed by atoms with Crippen molar-refractivity contribution in [3.05, 3.63) is 57.3 Å². The van der Waals surface area contributed by atoms with Crippen LogP contribution in [0.25, 0.3) is 0 Å². The van der Waals surface area contributed by atoms with Crippen LogP contribution >= 0.6 is 11.3 Å². The van der Waals surface area contributed by atoms with E-state index in [-0.39, 0.29) is 18.7 Å². The average molecular weight is 372 g/mol. The van der Waals surface area contributed by atoms with Crippen molar-refractivity contribution in [2.75, 3.05) is 13.7 Å². The van der Waals surface area contributed by atoms with E-state index in [0.29, 0.717) is 16.3 Å². The number of hydrogen-bond acceptors (Lipinski definition) is 6. The van der Waals surface area contributed by atoms with Gasteiger partial charge in [-0.05, 0) is 17.2 Å². The number of carbonyl (C=O) groups excluding carboxylic acids is 3. The highest BCUT2D eigenvalue weighted by Crippen LogP contribution is 2.47. The van der Waals surface area contributed by atoms with E-state index in [1.165, 1.54) is 28.4 Å². The van der Waals surface area contributed by atoms with Crippen LogP contribution in [-0.2, 0) is 21.0 Å². The summed E-state index contributed by atoms with van der Waals surface area (Å²) in [5.74, 6) is -0.526. The summed E-state index contributed by atoms with van der Waals surface area (Å²) in [5.41, 5.74) is 1.70. The molecule has 1 unspecified atom stereocenters. The SMILES string of the molecule is COC(=O)C1c2sc(C=O)cc2[C@H]2CN1C(=O)N2OCc1ccccc1. The summed E-state index contributed by atoms with van der Waals surface area (Å²) in [6.07, 6.45) is 0.747. The van der Waals surface area contributed by atoms with Crippen molar-refractivity contribution in [1.82, 2.24) is 9.96 Å². The van der Waals surface area contributed by atoms with Gasteiger partial charge in [-0.2, -0.15) is 5.06 Å². The number of benzene rings is 1. The van der Waals surface area contributed by atoms with Crippen molar-refractivity contribution in [2.24, 2.45) is 0 Å². The third-order valence-corrected chi connectivity index (χ3v) is 5.70. The topological polar surface area (TPSA) is 76.2 Å². The lowest BCUT2D eigenvalue weighted by Crippen LogP contribution is -2.38. The van der Waals surface area contributed by atoms with Gasteiger partial charge in [-0.3, -0.25) is 9.63 Å². The Hall–Kier alpha value is -2.71. The van der Waals surface area contributed by atoms with Crippen molar-refractivity contribution in [3.8, 4) is 0 Å². The van der Waals surface area contributed by atoms with E-state index in [4.69, 9.17) is 9.57 Å². The standard InChI is InChI=1S/C18H16N2O5S/c1-24-17(22)15-16-13(7-12(9-21)26-16)14-8-19(15)18(23)20(14)25-10-11-5-3-2-4-6-11/h2-7,9,14-15H,8,10H2,1H3/t14-,15?/m1/s1. The van der Waals surface area contributed by atoms with Crippen LogP contribution in [0.2, 0.25) is 0 Å². The summed E-state index contributed by atoms with van der Waals surface area (Å²) >= 11 is 1.21. The minimum atomic E-state index is -0.845. The summed E-state index contributed by atoms with van der Waals surface area (Å²) in [4.78, 5) is 44.7. The molecule has 2 amide bonds. The van der Waals surface area contributed by atoms with Crippen molar-refractivity contribution in [3.63, 3.8) is 0 Å². The van der Waals surface area contributed by atoms with Gasteiger partial charge in [0, 0.05) is 4.88 Å². The zero-order chi connectivity index (χ0) is 18.3. The first-order valence-electron chi connectivity index (χ1n) is 8.07. The smallest absolute Gasteiger partial charge is 0.345 e. The quantitative estimate of drug-likeness (QED) is 0.596. The molecule has 0 aliphatic carbocycles. The summed E-state index contributed by atoms with van der Waals surface area (Å²) in [6.45, 7) is 0.551. The zero-order valence-electron chi connectivity index (χ0n) is 14.0. The summed E-state index contributed by atoms with van der Waals surface area (Å²) in [6, 6.07) is 9.66. The Morgan fingerprint density at radius 1 is 1.35 bits per heavy atom. The number of ether oxygens (including phenoxy) is 1. The number of thiophene rings is 1. The molecular weight excluding hydrogens is 356 g/mol. The number of hydroxylamine groups is 2. The molecule has 3 heterocycles. The number of rotatable bonds is 5. The maximum Gasteiger partial charge on any atom is 0.345 e. The second kappa shape index (κ2) is 6.54. The van der Waals surface area contributed by atoms with Gasteiger partial charge in [0.1, 0.15) is 12.6 Å². The van der Waals surface area contributed by atoms with Crippen molar-refractivity contribution in [1.29, 1.82) is 0 Å². The van der Waals surface area contributed by atoms with E-state index < -0.39 is 12.0 Å². The highest BCUT2D eigenvalue weighted by molar-refractivity contribution is 7.14. The molecule has 2 aliphatic rings. The number of nitrogens with zero attached hydrogens (tertiary/aromatic N) is 2. The van der Waals surface area contributed by atoms with Gasteiger partial charge in [0.05, 0.1) is 18.5 Å². The van der Waals surface area contributed by atoms with E-state index >= 15 is 0 Å². The normalized spacial score (nSPS) is 20.9. The van der Waals surface area contributed by atoms with Gasteiger partial charge in [0.15, 0.2) is 12.3 Å². The Labute approximate surface area is 153 Å². The van der Waals surface area contributed by atoms with Crippen LogP contribution in [0.1, 0.15) is 37.8 Å². The van der Waals surface area contributed by atoms with Gasteiger partial charge in [-0.1, -0.05) is 30.3 Å². The van der Waals surface area contributed by atoms with Gasteiger partial charge in [0.25, 0.3) is 0 Å². The van der Waals surface area contributed by atoms with Crippen molar-refractivity contribution >= 4 is 29.6 Å². The molecule has 0 radical (unpaired) electrons. The number of fused-ring (bicyclic) bond motifs is 4. The molecule has 134 valence electrons. The lowest BCUT2D eigenvalue weighted by molar-refractivity contribution is -0.146. The van der Waals surface area contributed by atoms with Crippen molar-refractivity contribution in [2.45, 2.75) is 18.7 Å². The van der Waals surface area contributed by atoms with Gasteiger partial charge >= 0.3 is 12.0 Å². The molecule has 0 saturated carbocycles. The molecule has 2 atom stereocenters. The number of aldehydes is 1. The van der Waals surface area contributed by atoms with Crippen LogP contribution in [0.3, 0.4) is 0 Å². The molecule has 1 fully saturated rings. The Morgan fingerprint density at radius 3 is 2.81 bits per heavy atom. The Kier molecular flexibility index (Phi) is 4.21. The fourth-order valence-electron chi connectivity index (χ4n) is 3.36. The predicted octanol–water partition coefficient (Wildman–Crippen LogP) is 2.70. The summed E-state index contributed by atoms with van der Waals surface area (Å²) in [5, 5.41) is 1.30. The van der Waals surface area contributed by atoms with E-state index in [9.17, 15) is 14.4 Å². The Morgan fingerprint density at radius 2 is 2.12 bits per heavy atom. The first-order chi connectivity index (χ1) is 12.6. The second-order valence-electron chi connectivity index (χ2n) is 6.05. The molecule has 26 heavy (non-hydrogen) atoms. The van der Waals surface area contributed by atoms with Crippen LogP contribution in [0.4, 0.5) is 4.79 Å². The van der Waals surface area contributed by atoms with Gasteiger partial charge in [-0.25, -0.2) is 9.59 Å². The maximum atomic E-state index is 12.8.